The number of rotatable bonds is 6. The van der Waals surface area contributed by atoms with Gasteiger partial charge >= 0.3 is 0 Å². The zero-order valence-electron chi connectivity index (χ0n) is 15.8. The second-order valence-electron chi connectivity index (χ2n) is 7.80. The molecule has 0 aromatic rings. The van der Waals surface area contributed by atoms with Crippen LogP contribution in [0.4, 0.5) is 0 Å². The molecule has 0 bridgehead atoms. The molecule has 3 aliphatic rings. The number of carbonyl (C=O) groups is 1. The average molecular weight is 350 g/mol. The minimum Gasteiger partial charge on any atom is -0.356 e. The van der Waals surface area contributed by atoms with Gasteiger partial charge in [-0.15, -0.1) is 0 Å². The third-order valence-electron chi connectivity index (χ3n) is 5.91. The van der Waals surface area contributed by atoms with Crippen molar-refractivity contribution in [3.63, 3.8) is 0 Å². The smallest absolute Gasteiger partial charge is 0.225 e. The number of aliphatic imine (C=N–C) groups is 1. The Morgan fingerprint density at radius 1 is 1.08 bits per heavy atom. The van der Waals surface area contributed by atoms with Crippen LogP contribution in [0.5, 0.6) is 0 Å². The Bertz CT molecular complexity index is 455. The van der Waals surface area contributed by atoms with Gasteiger partial charge in [0.15, 0.2) is 5.96 Å². The lowest BCUT2D eigenvalue weighted by Crippen LogP contribution is -2.45. The zero-order valence-corrected chi connectivity index (χ0v) is 15.8. The predicted molar refractivity (Wildman–Crippen MR) is 102 cm³/mol. The zero-order chi connectivity index (χ0) is 17.5. The number of hydrogen-bond donors (Lipinski definition) is 2. The van der Waals surface area contributed by atoms with E-state index in [1.807, 2.05) is 7.05 Å². The molecule has 2 aliphatic heterocycles. The fourth-order valence-electron chi connectivity index (χ4n) is 4.41. The molecule has 6 heteroatoms. The first-order valence-electron chi connectivity index (χ1n) is 10.2. The summed E-state index contributed by atoms with van der Waals surface area (Å²) in [6.45, 7) is 6.37. The molecule has 25 heavy (non-hydrogen) atoms. The second kappa shape index (κ2) is 9.41. The van der Waals surface area contributed by atoms with E-state index in [2.05, 4.69) is 25.4 Å². The highest BCUT2D eigenvalue weighted by Crippen LogP contribution is 2.27. The van der Waals surface area contributed by atoms with Gasteiger partial charge in [0.1, 0.15) is 0 Å². The average Bonchev–Trinajstić information content (AvgIpc) is 3.39. The topological polar surface area (TPSA) is 60.0 Å². The summed E-state index contributed by atoms with van der Waals surface area (Å²) in [7, 11) is 1.83. The van der Waals surface area contributed by atoms with Crippen molar-refractivity contribution in [3.8, 4) is 0 Å². The third kappa shape index (κ3) is 5.33. The third-order valence-corrected chi connectivity index (χ3v) is 5.91. The number of likely N-dealkylation sites (tertiary alicyclic amines) is 2. The van der Waals surface area contributed by atoms with E-state index in [0.29, 0.717) is 17.9 Å². The maximum atomic E-state index is 12.5. The van der Waals surface area contributed by atoms with E-state index in [1.165, 1.54) is 45.3 Å². The van der Waals surface area contributed by atoms with Crippen LogP contribution >= 0.6 is 0 Å². The van der Waals surface area contributed by atoms with Gasteiger partial charge in [0.2, 0.25) is 5.91 Å². The molecule has 2 N–H and O–H groups in total. The van der Waals surface area contributed by atoms with Crippen LogP contribution in [0, 0.1) is 5.92 Å². The van der Waals surface area contributed by atoms with Gasteiger partial charge in [-0.1, -0.05) is 12.8 Å². The Hall–Kier alpha value is -1.30. The molecule has 1 saturated carbocycles. The van der Waals surface area contributed by atoms with Gasteiger partial charge in [-0.2, -0.15) is 0 Å². The van der Waals surface area contributed by atoms with E-state index in [0.717, 1.165) is 51.3 Å². The highest BCUT2D eigenvalue weighted by Gasteiger charge is 2.32. The molecule has 0 radical (unpaired) electrons. The summed E-state index contributed by atoms with van der Waals surface area (Å²) < 4.78 is 0. The van der Waals surface area contributed by atoms with Crippen molar-refractivity contribution in [2.24, 2.45) is 10.9 Å². The molecular formula is C19H35N5O. The lowest BCUT2D eigenvalue weighted by atomic mass is 10.1. The number of guanidine groups is 1. The van der Waals surface area contributed by atoms with Crippen molar-refractivity contribution >= 4 is 11.9 Å². The molecule has 1 amide bonds. The quantitative estimate of drug-likeness (QED) is 0.433. The van der Waals surface area contributed by atoms with Gasteiger partial charge in [0, 0.05) is 38.6 Å². The first kappa shape index (κ1) is 18.5. The van der Waals surface area contributed by atoms with Gasteiger partial charge in [-0.3, -0.25) is 9.79 Å². The van der Waals surface area contributed by atoms with Crippen molar-refractivity contribution in [1.82, 2.24) is 20.4 Å². The largest absolute Gasteiger partial charge is 0.356 e. The normalized spacial score (nSPS) is 25.7. The molecular weight excluding hydrogens is 314 g/mol. The van der Waals surface area contributed by atoms with Crippen molar-refractivity contribution in [2.45, 2.75) is 57.4 Å². The van der Waals surface area contributed by atoms with E-state index in [4.69, 9.17) is 0 Å². The Labute approximate surface area is 152 Å². The number of carbonyl (C=O) groups excluding carboxylic acids is 1. The van der Waals surface area contributed by atoms with Crippen molar-refractivity contribution in [2.75, 3.05) is 46.3 Å². The van der Waals surface area contributed by atoms with Crippen molar-refractivity contribution in [1.29, 1.82) is 0 Å². The monoisotopic (exact) mass is 349 g/mol. The number of nitrogens with one attached hydrogen (secondary N) is 2. The van der Waals surface area contributed by atoms with Gasteiger partial charge < -0.3 is 20.4 Å². The molecule has 2 heterocycles. The Morgan fingerprint density at radius 2 is 1.84 bits per heavy atom. The van der Waals surface area contributed by atoms with Crippen molar-refractivity contribution in [3.05, 3.63) is 0 Å². The Morgan fingerprint density at radius 3 is 2.56 bits per heavy atom. The predicted octanol–water partition coefficient (Wildman–Crippen LogP) is 1.43. The maximum Gasteiger partial charge on any atom is 0.225 e. The summed E-state index contributed by atoms with van der Waals surface area (Å²) in [6, 6.07) is 0.329. The molecule has 2 saturated heterocycles. The van der Waals surface area contributed by atoms with Crippen LogP contribution < -0.4 is 10.6 Å². The molecule has 3 fully saturated rings. The standard InChI is InChI=1S/C19H35N5O/c1-20-19(21-10-6-13-23-11-4-5-12-23)22-17-9-14-24(15-17)18(25)16-7-2-3-8-16/h16-17H,2-15H2,1H3,(H2,20,21,22). The molecule has 0 aromatic heterocycles. The van der Waals surface area contributed by atoms with Crippen LogP contribution in [0.15, 0.2) is 4.99 Å². The van der Waals surface area contributed by atoms with E-state index in [9.17, 15) is 4.79 Å². The van der Waals surface area contributed by atoms with Gasteiger partial charge in [-0.25, -0.2) is 0 Å². The van der Waals surface area contributed by atoms with E-state index in [-0.39, 0.29) is 0 Å². The fourth-order valence-corrected chi connectivity index (χ4v) is 4.41. The maximum absolute atomic E-state index is 12.5. The van der Waals surface area contributed by atoms with Crippen LogP contribution in [0.25, 0.3) is 0 Å². The molecule has 1 aliphatic carbocycles. The number of hydrogen-bond acceptors (Lipinski definition) is 3. The molecule has 0 aromatic carbocycles. The van der Waals surface area contributed by atoms with Crippen LogP contribution in [-0.4, -0.2) is 74.0 Å². The Balaban J connectivity index is 1.33. The van der Waals surface area contributed by atoms with Crippen LogP contribution in [0.2, 0.25) is 0 Å². The van der Waals surface area contributed by atoms with Gasteiger partial charge in [-0.05, 0) is 58.2 Å². The van der Waals surface area contributed by atoms with Crippen LogP contribution in [0.1, 0.15) is 51.4 Å². The summed E-state index contributed by atoms with van der Waals surface area (Å²) in [5.41, 5.74) is 0. The van der Waals surface area contributed by atoms with Gasteiger partial charge in [0.25, 0.3) is 0 Å². The van der Waals surface area contributed by atoms with Crippen molar-refractivity contribution < 1.29 is 4.79 Å². The second-order valence-corrected chi connectivity index (χ2v) is 7.80. The molecule has 6 nitrogen and oxygen atoms in total. The summed E-state index contributed by atoms with van der Waals surface area (Å²) in [5, 5.41) is 6.93. The SMILES string of the molecule is CN=C(NCCCN1CCCC1)NC1CCN(C(=O)C2CCCC2)C1. The van der Waals surface area contributed by atoms with Gasteiger partial charge in [0.05, 0.1) is 0 Å². The highest BCUT2D eigenvalue weighted by atomic mass is 16.2. The first-order chi connectivity index (χ1) is 12.3. The minimum absolute atomic E-state index is 0.293. The molecule has 1 unspecified atom stereocenters. The lowest BCUT2D eigenvalue weighted by Gasteiger charge is -2.21. The molecule has 3 rings (SSSR count). The Kier molecular flexibility index (Phi) is 6.96. The molecule has 142 valence electrons. The van der Waals surface area contributed by atoms with E-state index >= 15 is 0 Å². The van der Waals surface area contributed by atoms with Crippen LogP contribution in [0.3, 0.4) is 0 Å². The van der Waals surface area contributed by atoms with E-state index in [1.54, 1.807) is 0 Å². The molecule has 0 spiro atoms. The first-order valence-corrected chi connectivity index (χ1v) is 10.2. The number of amides is 1. The van der Waals surface area contributed by atoms with Crippen LogP contribution in [-0.2, 0) is 4.79 Å². The summed E-state index contributed by atoms with van der Waals surface area (Å²) in [6.07, 6.45) is 9.51. The summed E-state index contributed by atoms with van der Waals surface area (Å²) in [5.74, 6) is 1.55. The summed E-state index contributed by atoms with van der Waals surface area (Å²) in [4.78, 5) is 21.5. The summed E-state index contributed by atoms with van der Waals surface area (Å²) >= 11 is 0. The minimum atomic E-state index is 0.293. The fraction of sp³-hybridized carbons (Fsp3) is 0.895. The van der Waals surface area contributed by atoms with E-state index < -0.39 is 0 Å². The lowest BCUT2D eigenvalue weighted by molar-refractivity contribution is -0.134. The number of nitrogens with zero attached hydrogens (tertiary/aromatic N) is 3. The molecule has 1 atom stereocenters. The highest BCUT2D eigenvalue weighted by molar-refractivity contribution is 5.81.